The van der Waals surface area contributed by atoms with Crippen LogP contribution in [0.4, 0.5) is 0 Å². The first kappa shape index (κ1) is 52.4. The molecular weight excluding hydrogens is 712 g/mol. The van der Waals surface area contributed by atoms with E-state index in [0.717, 1.165) is 69.9 Å². The van der Waals surface area contributed by atoms with Gasteiger partial charge in [-0.3, -0.25) is 19.2 Å². The second-order valence-corrected chi connectivity index (χ2v) is 14.8. The number of unbranched alkanes of at least 4 members (excludes halogenated alkanes) is 20. The van der Waals surface area contributed by atoms with Gasteiger partial charge in [0.25, 0.3) is 0 Å². The molecule has 0 aromatic carbocycles. The predicted octanol–water partition coefficient (Wildman–Crippen LogP) is 11.3. The van der Waals surface area contributed by atoms with Crippen LogP contribution in [0.25, 0.3) is 0 Å². The quantitative estimate of drug-likeness (QED) is 0.0219. The van der Waals surface area contributed by atoms with Crippen LogP contribution in [0, 0.1) is 11.8 Å². The number of rotatable bonds is 31. The third-order valence-electron chi connectivity index (χ3n) is 9.85. The fourth-order valence-electron chi connectivity index (χ4n) is 6.41. The number of hydrogen-bond donors (Lipinski definition) is 0. The van der Waals surface area contributed by atoms with Crippen molar-refractivity contribution >= 4 is 35.8 Å². The van der Waals surface area contributed by atoms with Crippen LogP contribution in [0.1, 0.15) is 194 Å². The highest BCUT2D eigenvalue weighted by atomic mass is 16.6. The number of carbonyl (C=O) groups is 6. The molecule has 1 saturated heterocycles. The van der Waals surface area contributed by atoms with Crippen molar-refractivity contribution in [2.75, 3.05) is 14.2 Å². The van der Waals surface area contributed by atoms with Gasteiger partial charge in [0.2, 0.25) is 0 Å². The molecule has 2 aliphatic heterocycles. The molecule has 0 spiro atoms. The maximum atomic E-state index is 12.0. The highest BCUT2D eigenvalue weighted by Gasteiger charge is 2.37. The average Bonchev–Trinajstić information content (AvgIpc) is 3.75. The molecular formula is C46H76O10. The van der Waals surface area contributed by atoms with Crippen molar-refractivity contribution in [3.8, 4) is 0 Å². The normalized spacial score (nSPS) is 15.3. The molecule has 2 rings (SSSR count). The van der Waals surface area contributed by atoms with E-state index in [0.29, 0.717) is 12.8 Å². The summed E-state index contributed by atoms with van der Waals surface area (Å²) in [6.07, 6.45) is 42.4. The third kappa shape index (κ3) is 32.7. The first-order valence-corrected chi connectivity index (χ1v) is 21.8. The first-order chi connectivity index (χ1) is 27.2. The third-order valence-corrected chi connectivity index (χ3v) is 9.85. The molecule has 0 saturated carbocycles. The number of carbonyl (C=O) groups excluding carboxylic acids is 6. The van der Waals surface area contributed by atoms with Gasteiger partial charge in [0.05, 0.1) is 26.6 Å². The predicted molar refractivity (Wildman–Crippen MR) is 221 cm³/mol. The number of ether oxygens (including phenoxy) is 4. The summed E-state index contributed by atoms with van der Waals surface area (Å²) in [5.41, 5.74) is 0. The number of cyclic esters (lactones) is 4. The Morgan fingerprint density at radius 1 is 0.589 bits per heavy atom. The van der Waals surface area contributed by atoms with Crippen molar-refractivity contribution in [1.82, 2.24) is 0 Å². The minimum Gasteiger partial charge on any atom is -0.469 e. The summed E-state index contributed by atoms with van der Waals surface area (Å²) >= 11 is 0. The molecule has 1 fully saturated rings. The monoisotopic (exact) mass is 789 g/mol. The molecule has 0 aromatic rings. The summed E-state index contributed by atoms with van der Waals surface area (Å²) in [4.78, 5) is 65.3. The molecule has 2 unspecified atom stereocenters. The Bertz CT molecular complexity index is 1140. The van der Waals surface area contributed by atoms with Gasteiger partial charge in [-0.1, -0.05) is 141 Å². The van der Waals surface area contributed by atoms with Crippen LogP contribution in [-0.2, 0) is 47.7 Å². The lowest BCUT2D eigenvalue weighted by atomic mass is 9.86. The SMILES string of the molecule is CCCCCCC/C=C\C(CCCCCCCC(=O)OC)C1CC(=O)OC1=O.CCCCCCCC/C=C\CCCCCCCC(=O)OC.O=C1C=CC(=O)O1. The fraction of sp³-hybridized carbons (Fsp3) is 0.739. The largest absolute Gasteiger partial charge is 0.469 e. The van der Waals surface area contributed by atoms with Crippen LogP contribution < -0.4 is 0 Å². The summed E-state index contributed by atoms with van der Waals surface area (Å²) in [5.74, 6) is -2.36. The zero-order valence-corrected chi connectivity index (χ0v) is 35.5. The molecule has 0 amide bonds. The molecule has 0 bridgehead atoms. The molecule has 0 aliphatic carbocycles. The molecule has 56 heavy (non-hydrogen) atoms. The number of methoxy groups -OCH3 is 2. The molecule has 0 radical (unpaired) electrons. The van der Waals surface area contributed by atoms with Crippen molar-refractivity contribution < 1.29 is 47.7 Å². The van der Waals surface area contributed by atoms with Crippen LogP contribution in [0.5, 0.6) is 0 Å². The molecule has 2 heterocycles. The van der Waals surface area contributed by atoms with Crippen molar-refractivity contribution in [3.05, 3.63) is 36.5 Å². The fourth-order valence-corrected chi connectivity index (χ4v) is 6.41. The Morgan fingerprint density at radius 3 is 1.39 bits per heavy atom. The van der Waals surface area contributed by atoms with Crippen molar-refractivity contribution in [3.63, 3.8) is 0 Å². The summed E-state index contributed by atoms with van der Waals surface area (Å²) in [6.45, 7) is 4.48. The second kappa shape index (κ2) is 38.3. The van der Waals surface area contributed by atoms with Crippen molar-refractivity contribution in [1.29, 1.82) is 0 Å². The summed E-state index contributed by atoms with van der Waals surface area (Å²) in [6, 6.07) is 0. The molecule has 0 N–H and O–H groups in total. The Morgan fingerprint density at radius 2 is 1.00 bits per heavy atom. The first-order valence-electron chi connectivity index (χ1n) is 21.8. The molecule has 2 aliphatic rings. The lowest BCUT2D eigenvalue weighted by molar-refractivity contribution is -0.154. The minimum atomic E-state index is -0.579. The Kier molecular flexibility index (Phi) is 35.9. The Labute approximate surface area is 339 Å². The van der Waals surface area contributed by atoms with Gasteiger partial charge in [0.1, 0.15) is 0 Å². The van der Waals surface area contributed by atoms with Gasteiger partial charge in [0.15, 0.2) is 0 Å². The average molecular weight is 789 g/mol. The van der Waals surface area contributed by atoms with Gasteiger partial charge in [-0.05, 0) is 63.7 Å². The molecule has 0 aromatic heterocycles. The van der Waals surface area contributed by atoms with Gasteiger partial charge >= 0.3 is 35.8 Å². The highest BCUT2D eigenvalue weighted by molar-refractivity contribution is 6.04. The van der Waals surface area contributed by atoms with Gasteiger partial charge in [-0.2, -0.15) is 0 Å². The maximum Gasteiger partial charge on any atom is 0.338 e. The zero-order chi connectivity index (χ0) is 41.5. The van der Waals surface area contributed by atoms with Crippen LogP contribution in [0.15, 0.2) is 36.5 Å². The molecule has 320 valence electrons. The van der Waals surface area contributed by atoms with Gasteiger partial charge in [-0.15, -0.1) is 0 Å². The molecule has 2 atom stereocenters. The molecule has 10 nitrogen and oxygen atoms in total. The van der Waals surface area contributed by atoms with E-state index in [1.165, 1.54) is 117 Å². The van der Waals surface area contributed by atoms with E-state index in [2.05, 4.69) is 52.4 Å². The summed E-state index contributed by atoms with van der Waals surface area (Å²) in [7, 11) is 2.87. The lowest BCUT2D eigenvalue weighted by Gasteiger charge is -2.16. The van der Waals surface area contributed by atoms with Gasteiger partial charge < -0.3 is 18.9 Å². The van der Waals surface area contributed by atoms with Gasteiger partial charge in [-0.25, -0.2) is 9.59 Å². The van der Waals surface area contributed by atoms with Crippen LogP contribution >= 0.6 is 0 Å². The smallest absolute Gasteiger partial charge is 0.338 e. The van der Waals surface area contributed by atoms with E-state index in [9.17, 15) is 28.8 Å². The standard InChI is InChI=1S/C23H38O5.C19H36O2.C4H2O3/c1-3-4-5-6-7-9-12-15-19(20-18-22(25)28-23(20)26)16-13-10-8-11-14-17-21(24)27-2;1-3-4-5-6-7-8-9-10-11-12-13-14-15-16-17-18-19(20)21-2;5-3-1-2-4(6)7-3/h12,15,19-20H,3-11,13-14,16-18H2,1-2H3;10-11H,3-9,12-18H2,1-2H3;1-2H/b15-12-;11-10-;. The molecule has 10 heteroatoms. The second-order valence-electron chi connectivity index (χ2n) is 14.8. The number of hydrogen-bond acceptors (Lipinski definition) is 10. The zero-order valence-electron chi connectivity index (χ0n) is 35.5. The highest BCUT2D eigenvalue weighted by Crippen LogP contribution is 2.30. The van der Waals surface area contributed by atoms with Crippen LogP contribution in [0.3, 0.4) is 0 Å². The Balaban J connectivity index is 0.000000943. The lowest BCUT2D eigenvalue weighted by Crippen LogP contribution is -2.18. The topological polar surface area (TPSA) is 139 Å². The van der Waals surface area contributed by atoms with E-state index >= 15 is 0 Å². The maximum absolute atomic E-state index is 12.0. The van der Waals surface area contributed by atoms with E-state index in [1.54, 1.807) is 0 Å². The van der Waals surface area contributed by atoms with Crippen LogP contribution in [0.2, 0.25) is 0 Å². The number of esters is 6. The Hall–Kier alpha value is -3.56. The summed E-state index contributed by atoms with van der Waals surface area (Å²) < 4.78 is 18.0. The van der Waals surface area contributed by atoms with Crippen molar-refractivity contribution in [2.45, 2.75) is 194 Å². The van der Waals surface area contributed by atoms with Crippen LogP contribution in [-0.4, -0.2) is 50.0 Å². The summed E-state index contributed by atoms with van der Waals surface area (Å²) in [5, 5.41) is 0. The minimum absolute atomic E-state index is 0.0763. The van der Waals surface area contributed by atoms with E-state index in [4.69, 9.17) is 4.74 Å². The van der Waals surface area contributed by atoms with E-state index < -0.39 is 17.9 Å². The number of allylic oxidation sites excluding steroid dienone is 4. The van der Waals surface area contributed by atoms with E-state index in [-0.39, 0.29) is 36.2 Å². The van der Waals surface area contributed by atoms with Gasteiger partial charge in [0, 0.05) is 25.0 Å². The van der Waals surface area contributed by atoms with Crippen molar-refractivity contribution in [2.24, 2.45) is 11.8 Å². The van der Waals surface area contributed by atoms with E-state index in [1.807, 2.05) is 0 Å².